The molecule has 2 aliphatic rings. The minimum absolute atomic E-state index is 0.0936. The van der Waals surface area contributed by atoms with Gasteiger partial charge in [-0.25, -0.2) is 9.97 Å². The average molecular weight is 370 g/mol. The molecule has 0 spiro atoms. The molecule has 0 aromatic carbocycles. The Morgan fingerprint density at radius 3 is 2.54 bits per heavy atom. The van der Waals surface area contributed by atoms with Gasteiger partial charge in [0.2, 0.25) is 0 Å². The van der Waals surface area contributed by atoms with E-state index in [9.17, 15) is 18.0 Å². The molecule has 1 atom stereocenters. The number of rotatable bonds is 5. The summed E-state index contributed by atoms with van der Waals surface area (Å²) in [4.78, 5) is 22.7. The van der Waals surface area contributed by atoms with Gasteiger partial charge in [-0.15, -0.1) is 0 Å². The third-order valence-corrected chi connectivity index (χ3v) is 5.25. The van der Waals surface area contributed by atoms with Gasteiger partial charge < -0.3 is 5.32 Å². The Bertz CT molecular complexity index is 652. The SMILES string of the molecule is Cc1ncc(C(=O)N[C@@H](C)C2CCN(CC(F)(F)F)CC2)c(C2CC2)n1. The second-order valence-corrected chi connectivity index (χ2v) is 7.48. The highest BCUT2D eigenvalue weighted by Gasteiger charge is 2.34. The van der Waals surface area contributed by atoms with Crippen molar-refractivity contribution in [1.82, 2.24) is 20.2 Å². The zero-order valence-electron chi connectivity index (χ0n) is 15.1. The Hall–Kier alpha value is -1.70. The van der Waals surface area contributed by atoms with Gasteiger partial charge in [0.1, 0.15) is 5.82 Å². The van der Waals surface area contributed by atoms with E-state index in [0.29, 0.717) is 43.2 Å². The summed E-state index contributed by atoms with van der Waals surface area (Å²) >= 11 is 0. The fraction of sp³-hybridized carbons (Fsp3) is 0.722. The van der Waals surface area contributed by atoms with Crippen LogP contribution in [0.2, 0.25) is 0 Å². The number of hydrogen-bond donors (Lipinski definition) is 1. The minimum Gasteiger partial charge on any atom is -0.349 e. The smallest absolute Gasteiger partial charge is 0.349 e. The molecule has 0 radical (unpaired) electrons. The number of amides is 1. The van der Waals surface area contributed by atoms with Crippen LogP contribution in [-0.4, -0.2) is 52.6 Å². The first-order valence-electron chi connectivity index (χ1n) is 9.16. The highest BCUT2D eigenvalue weighted by Crippen LogP contribution is 2.40. The number of alkyl halides is 3. The largest absolute Gasteiger partial charge is 0.401 e. The van der Waals surface area contributed by atoms with Crippen molar-refractivity contribution < 1.29 is 18.0 Å². The van der Waals surface area contributed by atoms with Gasteiger partial charge in [-0.3, -0.25) is 9.69 Å². The number of nitrogens with zero attached hydrogens (tertiary/aromatic N) is 3. The molecule has 144 valence electrons. The molecule has 1 amide bonds. The van der Waals surface area contributed by atoms with E-state index in [4.69, 9.17) is 0 Å². The van der Waals surface area contributed by atoms with Gasteiger partial charge in [0.05, 0.1) is 17.8 Å². The van der Waals surface area contributed by atoms with Crippen molar-refractivity contribution in [3.05, 3.63) is 23.3 Å². The van der Waals surface area contributed by atoms with Gasteiger partial charge >= 0.3 is 6.18 Å². The molecule has 1 saturated carbocycles. The number of hydrogen-bond acceptors (Lipinski definition) is 4. The fourth-order valence-corrected chi connectivity index (χ4v) is 3.60. The lowest BCUT2D eigenvalue weighted by Gasteiger charge is -2.35. The summed E-state index contributed by atoms with van der Waals surface area (Å²) in [6.45, 7) is 3.70. The Balaban J connectivity index is 1.56. The highest BCUT2D eigenvalue weighted by atomic mass is 19.4. The molecule has 1 aliphatic heterocycles. The number of likely N-dealkylation sites (tertiary alicyclic amines) is 1. The number of piperidine rings is 1. The van der Waals surface area contributed by atoms with E-state index in [1.165, 1.54) is 4.90 Å². The van der Waals surface area contributed by atoms with Crippen molar-refractivity contribution >= 4 is 5.91 Å². The maximum absolute atomic E-state index is 12.7. The van der Waals surface area contributed by atoms with Crippen molar-refractivity contribution in [3.8, 4) is 0 Å². The molecule has 8 heteroatoms. The average Bonchev–Trinajstić information content (AvgIpc) is 3.38. The van der Waals surface area contributed by atoms with Crippen molar-refractivity contribution in [2.75, 3.05) is 19.6 Å². The third kappa shape index (κ3) is 4.93. The molecule has 1 N–H and O–H groups in total. The molecule has 2 fully saturated rings. The van der Waals surface area contributed by atoms with Crippen LogP contribution in [0, 0.1) is 12.8 Å². The summed E-state index contributed by atoms with van der Waals surface area (Å²) in [5.74, 6) is 1.00. The topological polar surface area (TPSA) is 58.1 Å². The normalized spacial score (nSPS) is 20.8. The molecule has 3 rings (SSSR count). The Kier molecular flexibility index (Phi) is 5.50. The van der Waals surface area contributed by atoms with Crippen molar-refractivity contribution in [2.45, 2.75) is 57.7 Å². The molecule has 0 unspecified atom stereocenters. The number of nitrogens with one attached hydrogen (secondary N) is 1. The number of halogens is 3. The van der Waals surface area contributed by atoms with Gasteiger partial charge in [0.25, 0.3) is 5.91 Å². The van der Waals surface area contributed by atoms with Crippen LogP contribution in [0.25, 0.3) is 0 Å². The lowest BCUT2D eigenvalue weighted by atomic mass is 9.90. The van der Waals surface area contributed by atoms with Crippen LogP contribution in [0.1, 0.15) is 60.4 Å². The molecular weight excluding hydrogens is 345 g/mol. The standard InChI is InChI=1S/C18H25F3N4O/c1-11(13-5-7-25(8-6-13)10-18(19,20)21)23-17(26)15-9-22-12(2)24-16(15)14-3-4-14/h9,11,13-14H,3-8,10H2,1-2H3,(H,23,26)/t11-/m0/s1. The van der Waals surface area contributed by atoms with Gasteiger partial charge in [-0.05, 0) is 58.5 Å². The van der Waals surface area contributed by atoms with E-state index in [1.807, 2.05) is 13.8 Å². The summed E-state index contributed by atoms with van der Waals surface area (Å²) in [5.41, 5.74) is 1.35. The highest BCUT2D eigenvalue weighted by molar-refractivity contribution is 5.95. The lowest BCUT2D eigenvalue weighted by molar-refractivity contribution is -0.148. The molecule has 2 heterocycles. The fourth-order valence-electron chi connectivity index (χ4n) is 3.60. The molecule has 1 saturated heterocycles. The van der Waals surface area contributed by atoms with E-state index in [-0.39, 0.29) is 17.9 Å². The molecule has 1 aromatic rings. The molecule has 26 heavy (non-hydrogen) atoms. The van der Waals surface area contributed by atoms with Crippen LogP contribution in [0.3, 0.4) is 0 Å². The minimum atomic E-state index is -4.16. The summed E-state index contributed by atoms with van der Waals surface area (Å²) in [7, 11) is 0. The summed E-state index contributed by atoms with van der Waals surface area (Å²) < 4.78 is 37.4. The molecular formula is C18H25F3N4O. The van der Waals surface area contributed by atoms with Gasteiger partial charge in [0.15, 0.2) is 0 Å². The number of aryl methyl sites for hydroxylation is 1. The molecule has 5 nitrogen and oxygen atoms in total. The maximum Gasteiger partial charge on any atom is 0.401 e. The number of aromatic nitrogens is 2. The van der Waals surface area contributed by atoms with E-state index in [2.05, 4.69) is 15.3 Å². The van der Waals surface area contributed by atoms with Crippen molar-refractivity contribution in [3.63, 3.8) is 0 Å². The van der Waals surface area contributed by atoms with Gasteiger partial charge in [-0.2, -0.15) is 13.2 Å². The lowest BCUT2D eigenvalue weighted by Crippen LogP contribution is -2.46. The van der Waals surface area contributed by atoms with Crippen molar-refractivity contribution in [2.24, 2.45) is 5.92 Å². The summed E-state index contributed by atoms with van der Waals surface area (Å²) in [5, 5.41) is 3.01. The zero-order chi connectivity index (χ0) is 18.9. The first-order valence-corrected chi connectivity index (χ1v) is 9.16. The number of carbonyl (C=O) groups excluding carboxylic acids is 1. The zero-order valence-corrected chi connectivity index (χ0v) is 15.1. The summed E-state index contributed by atoms with van der Waals surface area (Å²) in [6.07, 6.45) is 0.823. The molecule has 1 aromatic heterocycles. The third-order valence-electron chi connectivity index (χ3n) is 5.25. The monoisotopic (exact) mass is 370 g/mol. The van der Waals surface area contributed by atoms with Crippen molar-refractivity contribution in [1.29, 1.82) is 0 Å². The molecule has 1 aliphatic carbocycles. The Labute approximate surface area is 151 Å². The molecule has 0 bridgehead atoms. The van der Waals surface area contributed by atoms with E-state index >= 15 is 0 Å². The number of carbonyl (C=O) groups is 1. The van der Waals surface area contributed by atoms with E-state index in [0.717, 1.165) is 18.5 Å². The van der Waals surface area contributed by atoms with Crippen LogP contribution in [0.15, 0.2) is 6.20 Å². The van der Waals surface area contributed by atoms with Gasteiger partial charge in [0, 0.05) is 18.2 Å². The second-order valence-electron chi connectivity index (χ2n) is 7.48. The van der Waals surface area contributed by atoms with Crippen LogP contribution in [-0.2, 0) is 0 Å². The summed E-state index contributed by atoms with van der Waals surface area (Å²) in [6, 6.07) is -0.0936. The van der Waals surface area contributed by atoms with E-state index in [1.54, 1.807) is 6.20 Å². The Morgan fingerprint density at radius 2 is 1.96 bits per heavy atom. The van der Waals surface area contributed by atoms with Crippen LogP contribution in [0.4, 0.5) is 13.2 Å². The predicted octanol–water partition coefficient (Wildman–Crippen LogP) is 3.06. The van der Waals surface area contributed by atoms with Crippen LogP contribution in [0.5, 0.6) is 0 Å². The Morgan fingerprint density at radius 1 is 1.31 bits per heavy atom. The first-order chi connectivity index (χ1) is 12.2. The predicted molar refractivity (Wildman–Crippen MR) is 90.9 cm³/mol. The van der Waals surface area contributed by atoms with E-state index < -0.39 is 12.7 Å². The van der Waals surface area contributed by atoms with Gasteiger partial charge in [-0.1, -0.05) is 0 Å². The first kappa shape index (κ1) is 19.1. The van der Waals surface area contributed by atoms with Crippen LogP contribution < -0.4 is 5.32 Å². The second kappa shape index (κ2) is 7.50. The maximum atomic E-state index is 12.7. The quantitative estimate of drug-likeness (QED) is 0.866. The van der Waals surface area contributed by atoms with Crippen LogP contribution >= 0.6 is 0 Å².